The number of aromatic amines is 1. The predicted octanol–water partition coefficient (Wildman–Crippen LogP) is 0.662. The molecule has 0 aliphatic heterocycles. The van der Waals surface area contributed by atoms with Crippen LogP contribution in [0.15, 0.2) is 12.5 Å². The van der Waals surface area contributed by atoms with Gasteiger partial charge >= 0.3 is 0 Å². The van der Waals surface area contributed by atoms with E-state index in [1.165, 1.54) is 0 Å². The highest BCUT2D eigenvalue weighted by atomic mass is 16.1. The monoisotopic (exact) mass is 224 g/mol. The van der Waals surface area contributed by atoms with Gasteiger partial charge in [0.15, 0.2) is 0 Å². The topological polar surface area (TPSA) is 69.8 Å². The van der Waals surface area contributed by atoms with Crippen molar-refractivity contribution >= 4 is 5.91 Å². The Hall–Kier alpha value is -1.36. The van der Waals surface area contributed by atoms with Crippen molar-refractivity contribution in [1.82, 2.24) is 20.6 Å². The highest BCUT2D eigenvalue weighted by molar-refractivity contribution is 5.76. The third-order valence-corrected chi connectivity index (χ3v) is 2.11. The molecular weight excluding hydrogens is 204 g/mol. The van der Waals surface area contributed by atoms with Crippen LogP contribution >= 0.6 is 0 Å². The number of H-pyrrole nitrogens is 1. The first-order chi connectivity index (χ1) is 7.68. The third-order valence-electron chi connectivity index (χ3n) is 2.11. The summed E-state index contributed by atoms with van der Waals surface area (Å²) in [5.74, 6) is 0.604. The van der Waals surface area contributed by atoms with Crippen molar-refractivity contribution in [2.45, 2.75) is 26.8 Å². The van der Waals surface area contributed by atoms with E-state index >= 15 is 0 Å². The van der Waals surface area contributed by atoms with Crippen LogP contribution in [0.2, 0.25) is 0 Å². The van der Waals surface area contributed by atoms with Crippen LogP contribution in [0.25, 0.3) is 0 Å². The van der Waals surface area contributed by atoms with E-state index in [1.54, 1.807) is 12.5 Å². The average Bonchev–Trinajstić information content (AvgIpc) is 2.74. The van der Waals surface area contributed by atoms with Gasteiger partial charge in [-0.2, -0.15) is 0 Å². The van der Waals surface area contributed by atoms with Gasteiger partial charge in [-0.3, -0.25) is 4.79 Å². The number of hydrogen-bond acceptors (Lipinski definition) is 3. The first kappa shape index (κ1) is 12.7. The molecule has 0 unspecified atom stereocenters. The number of hydrogen-bond donors (Lipinski definition) is 3. The Bertz CT molecular complexity index is 295. The molecule has 90 valence electrons. The molecule has 0 saturated carbocycles. The average molecular weight is 224 g/mol. The lowest BCUT2D eigenvalue weighted by molar-refractivity contribution is -0.121. The van der Waals surface area contributed by atoms with Gasteiger partial charge in [0.2, 0.25) is 5.91 Å². The zero-order valence-corrected chi connectivity index (χ0v) is 9.92. The second kappa shape index (κ2) is 7.00. The van der Waals surface area contributed by atoms with E-state index in [2.05, 4.69) is 34.4 Å². The van der Waals surface area contributed by atoms with Crippen molar-refractivity contribution in [3.63, 3.8) is 0 Å². The Kier molecular flexibility index (Phi) is 5.56. The van der Waals surface area contributed by atoms with Gasteiger partial charge in [-0.1, -0.05) is 13.8 Å². The molecule has 1 heterocycles. The third kappa shape index (κ3) is 5.50. The first-order valence-corrected chi connectivity index (χ1v) is 5.63. The molecular formula is C11H20N4O. The SMILES string of the molecule is CC(C)CNC(=O)CCNCc1cnc[nH]1. The van der Waals surface area contributed by atoms with Gasteiger partial charge in [-0.15, -0.1) is 0 Å². The lowest BCUT2D eigenvalue weighted by Gasteiger charge is -2.07. The van der Waals surface area contributed by atoms with E-state index < -0.39 is 0 Å². The van der Waals surface area contributed by atoms with Gasteiger partial charge in [0.05, 0.1) is 6.33 Å². The fourth-order valence-electron chi connectivity index (χ4n) is 1.21. The Morgan fingerprint density at radius 1 is 1.56 bits per heavy atom. The smallest absolute Gasteiger partial charge is 0.221 e. The summed E-state index contributed by atoms with van der Waals surface area (Å²) in [6.45, 7) is 6.31. The lowest BCUT2D eigenvalue weighted by atomic mass is 10.2. The molecule has 16 heavy (non-hydrogen) atoms. The predicted molar refractivity (Wildman–Crippen MR) is 62.8 cm³/mol. The van der Waals surface area contributed by atoms with E-state index in [0.717, 1.165) is 18.8 Å². The van der Waals surface area contributed by atoms with Crippen molar-refractivity contribution in [2.75, 3.05) is 13.1 Å². The number of amides is 1. The summed E-state index contributed by atoms with van der Waals surface area (Å²) in [5, 5.41) is 6.05. The summed E-state index contributed by atoms with van der Waals surface area (Å²) in [6, 6.07) is 0. The highest BCUT2D eigenvalue weighted by Crippen LogP contribution is 1.90. The molecule has 0 saturated heterocycles. The number of aromatic nitrogens is 2. The summed E-state index contributed by atoms with van der Waals surface area (Å²) in [6.07, 6.45) is 3.93. The fraction of sp³-hybridized carbons (Fsp3) is 0.636. The standard InChI is InChI=1S/C11H20N4O/c1-9(2)5-14-11(16)3-4-12-6-10-7-13-8-15-10/h7-9,12H,3-6H2,1-2H3,(H,13,15)(H,14,16). The maximum absolute atomic E-state index is 11.3. The molecule has 5 heteroatoms. The van der Waals surface area contributed by atoms with E-state index in [9.17, 15) is 4.79 Å². The summed E-state index contributed by atoms with van der Waals surface area (Å²) < 4.78 is 0. The zero-order valence-electron chi connectivity index (χ0n) is 9.92. The number of nitrogens with zero attached hydrogens (tertiary/aromatic N) is 1. The van der Waals surface area contributed by atoms with Gasteiger partial charge in [-0.05, 0) is 5.92 Å². The largest absolute Gasteiger partial charge is 0.356 e. The molecule has 0 aromatic carbocycles. The Balaban J connectivity index is 2.00. The molecule has 1 aromatic heterocycles. The van der Waals surface area contributed by atoms with Gasteiger partial charge in [0.1, 0.15) is 0 Å². The van der Waals surface area contributed by atoms with Crippen LogP contribution in [0.3, 0.4) is 0 Å². The van der Waals surface area contributed by atoms with Crippen LogP contribution in [0.1, 0.15) is 26.0 Å². The number of imidazole rings is 1. The molecule has 1 amide bonds. The second-order valence-corrected chi connectivity index (χ2v) is 4.20. The molecule has 0 aliphatic rings. The summed E-state index contributed by atoms with van der Waals surface area (Å²) in [5.41, 5.74) is 1.03. The molecule has 0 atom stereocenters. The molecule has 0 bridgehead atoms. The molecule has 0 aliphatic carbocycles. The minimum atomic E-state index is 0.103. The summed E-state index contributed by atoms with van der Waals surface area (Å²) in [4.78, 5) is 18.2. The summed E-state index contributed by atoms with van der Waals surface area (Å²) >= 11 is 0. The van der Waals surface area contributed by atoms with Crippen LogP contribution in [0.4, 0.5) is 0 Å². The van der Waals surface area contributed by atoms with E-state index in [4.69, 9.17) is 0 Å². The van der Waals surface area contributed by atoms with Gasteiger partial charge in [0, 0.05) is 37.9 Å². The van der Waals surface area contributed by atoms with Crippen molar-refractivity contribution in [2.24, 2.45) is 5.92 Å². The highest BCUT2D eigenvalue weighted by Gasteiger charge is 2.01. The van der Waals surface area contributed by atoms with Gasteiger partial charge in [0.25, 0.3) is 0 Å². The van der Waals surface area contributed by atoms with Crippen molar-refractivity contribution in [3.05, 3.63) is 18.2 Å². The fourth-order valence-corrected chi connectivity index (χ4v) is 1.21. The number of rotatable bonds is 7. The molecule has 1 aromatic rings. The van der Waals surface area contributed by atoms with Gasteiger partial charge in [-0.25, -0.2) is 4.98 Å². The van der Waals surface area contributed by atoms with Crippen LogP contribution < -0.4 is 10.6 Å². The molecule has 5 nitrogen and oxygen atoms in total. The van der Waals surface area contributed by atoms with Gasteiger partial charge < -0.3 is 15.6 Å². The quantitative estimate of drug-likeness (QED) is 0.596. The van der Waals surface area contributed by atoms with Crippen molar-refractivity contribution < 1.29 is 4.79 Å². The van der Waals surface area contributed by atoms with Crippen molar-refractivity contribution in [3.8, 4) is 0 Å². The number of carbonyl (C=O) groups is 1. The molecule has 0 fully saturated rings. The lowest BCUT2D eigenvalue weighted by Crippen LogP contribution is -2.30. The van der Waals surface area contributed by atoms with E-state index in [0.29, 0.717) is 18.9 Å². The molecule has 1 rings (SSSR count). The minimum absolute atomic E-state index is 0.103. The summed E-state index contributed by atoms with van der Waals surface area (Å²) in [7, 11) is 0. The zero-order chi connectivity index (χ0) is 11.8. The van der Waals surface area contributed by atoms with E-state index in [1.807, 2.05) is 0 Å². The normalized spacial score (nSPS) is 10.7. The molecule has 0 radical (unpaired) electrons. The Labute approximate surface area is 96.0 Å². The first-order valence-electron chi connectivity index (χ1n) is 5.63. The van der Waals surface area contributed by atoms with E-state index in [-0.39, 0.29) is 5.91 Å². The Morgan fingerprint density at radius 2 is 2.38 bits per heavy atom. The number of carbonyl (C=O) groups excluding carboxylic acids is 1. The minimum Gasteiger partial charge on any atom is -0.356 e. The van der Waals surface area contributed by atoms with Crippen LogP contribution in [-0.4, -0.2) is 29.0 Å². The molecule has 3 N–H and O–H groups in total. The maximum atomic E-state index is 11.3. The van der Waals surface area contributed by atoms with Crippen LogP contribution in [-0.2, 0) is 11.3 Å². The number of nitrogens with one attached hydrogen (secondary N) is 3. The van der Waals surface area contributed by atoms with Crippen LogP contribution in [0, 0.1) is 5.92 Å². The second-order valence-electron chi connectivity index (χ2n) is 4.20. The molecule has 0 spiro atoms. The van der Waals surface area contributed by atoms with Crippen LogP contribution in [0.5, 0.6) is 0 Å². The van der Waals surface area contributed by atoms with Crippen molar-refractivity contribution in [1.29, 1.82) is 0 Å². The Morgan fingerprint density at radius 3 is 3.00 bits per heavy atom. The maximum Gasteiger partial charge on any atom is 0.221 e.